The maximum Gasteiger partial charge on any atom is 0.144 e. The van der Waals surface area contributed by atoms with Crippen molar-refractivity contribution in [1.29, 1.82) is 0 Å². The first-order chi connectivity index (χ1) is 6.49. The van der Waals surface area contributed by atoms with E-state index in [2.05, 4.69) is 54.4 Å². The minimum absolute atomic E-state index is 0. The van der Waals surface area contributed by atoms with Gasteiger partial charge in [0.2, 0.25) is 0 Å². The van der Waals surface area contributed by atoms with Gasteiger partial charge in [-0.2, -0.15) is 0 Å². The second-order valence-corrected chi connectivity index (χ2v) is 5.18. The number of phenols is 1. The summed E-state index contributed by atoms with van der Waals surface area (Å²) >= 11 is 9.89. The highest BCUT2D eigenvalue weighted by Gasteiger charge is 2.16. The summed E-state index contributed by atoms with van der Waals surface area (Å²) in [6.45, 7) is 3.61. The van der Waals surface area contributed by atoms with Crippen LogP contribution in [0.25, 0.3) is 0 Å². The average molecular weight is 422 g/mol. The van der Waals surface area contributed by atoms with E-state index < -0.39 is 0 Å². The number of aromatic hydroxyl groups is 1. The van der Waals surface area contributed by atoms with Crippen LogP contribution in [0.4, 0.5) is 0 Å². The molecule has 1 rings (SSSR count). The first-order valence-corrected chi connectivity index (χ1v) is 6.11. The van der Waals surface area contributed by atoms with Crippen LogP contribution in [0.3, 0.4) is 0 Å². The van der Waals surface area contributed by atoms with Crippen molar-refractivity contribution in [3.8, 4) is 5.75 Å². The van der Waals surface area contributed by atoms with E-state index in [-0.39, 0.29) is 24.2 Å². The first-order valence-electron chi connectivity index (χ1n) is 3.73. The van der Waals surface area contributed by atoms with Crippen LogP contribution in [0.15, 0.2) is 32.1 Å². The summed E-state index contributed by atoms with van der Waals surface area (Å²) in [6.07, 6.45) is 1.61. The Bertz CT molecular complexity index is 384. The van der Waals surface area contributed by atoms with Gasteiger partial charge in [0, 0.05) is 10.0 Å². The van der Waals surface area contributed by atoms with Crippen LogP contribution in [0.1, 0.15) is 11.6 Å². The molecule has 3 N–H and O–H groups in total. The molecular weight excluding hydrogens is 413 g/mol. The van der Waals surface area contributed by atoms with E-state index in [1.54, 1.807) is 12.1 Å². The Kier molecular flexibility index (Phi) is 6.44. The van der Waals surface area contributed by atoms with Gasteiger partial charge in [-0.1, -0.05) is 22.0 Å². The third-order valence-corrected chi connectivity index (χ3v) is 3.83. The predicted octanol–water partition coefficient (Wildman–Crippen LogP) is 4.29. The van der Waals surface area contributed by atoms with E-state index in [0.29, 0.717) is 8.95 Å². The Labute approximate surface area is 120 Å². The van der Waals surface area contributed by atoms with Crippen molar-refractivity contribution in [3.63, 3.8) is 0 Å². The minimum atomic E-state index is -0.322. The van der Waals surface area contributed by atoms with Gasteiger partial charge in [0.15, 0.2) is 0 Å². The molecule has 0 fully saturated rings. The minimum Gasteiger partial charge on any atom is -0.506 e. The van der Waals surface area contributed by atoms with E-state index in [0.717, 1.165) is 10.0 Å². The SMILES string of the molecule is C=C[C@H](N)c1c(Br)cc(Br)c(O)c1Br.Cl. The number of rotatable bonds is 2. The lowest BCUT2D eigenvalue weighted by Crippen LogP contribution is -2.08. The lowest BCUT2D eigenvalue weighted by molar-refractivity contribution is 0.467. The van der Waals surface area contributed by atoms with Crippen molar-refractivity contribution >= 4 is 60.2 Å². The normalized spacial score (nSPS) is 11.7. The molecule has 0 unspecified atom stereocenters. The van der Waals surface area contributed by atoms with Crippen LogP contribution in [0, 0.1) is 0 Å². The number of hydrogen-bond acceptors (Lipinski definition) is 2. The van der Waals surface area contributed by atoms with Gasteiger partial charge >= 0.3 is 0 Å². The lowest BCUT2D eigenvalue weighted by Gasteiger charge is -2.14. The van der Waals surface area contributed by atoms with Gasteiger partial charge in [0.05, 0.1) is 15.0 Å². The Morgan fingerprint density at radius 3 is 2.33 bits per heavy atom. The fourth-order valence-corrected chi connectivity index (χ4v) is 3.67. The van der Waals surface area contributed by atoms with Gasteiger partial charge in [-0.05, 0) is 37.9 Å². The molecule has 0 aliphatic carbocycles. The second-order valence-electron chi connectivity index (χ2n) is 2.68. The van der Waals surface area contributed by atoms with Crippen molar-refractivity contribution in [2.75, 3.05) is 0 Å². The summed E-state index contributed by atoms with van der Waals surface area (Å²) in [7, 11) is 0. The van der Waals surface area contributed by atoms with Gasteiger partial charge < -0.3 is 10.8 Å². The molecule has 0 aliphatic heterocycles. The summed E-state index contributed by atoms with van der Waals surface area (Å²) in [4.78, 5) is 0. The molecule has 1 atom stereocenters. The molecule has 0 radical (unpaired) electrons. The molecule has 2 nitrogen and oxygen atoms in total. The van der Waals surface area contributed by atoms with Crippen LogP contribution in [-0.2, 0) is 0 Å². The molecule has 15 heavy (non-hydrogen) atoms. The van der Waals surface area contributed by atoms with Crippen LogP contribution in [0.5, 0.6) is 5.75 Å². The molecule has 6 heteroatoms. The summed E-state index contributed by atoms with van der Waals surface area (Å²) < 4.78 is 2.00. The van der Waals surface area contributed by atoms with Gasteiger partial charge in [-0.15, -0.1) is 19.0 Å². The van der Waals surface area contributed by atoms with Crippen LogP contribution < -0.4 is 5.73 Å². The predicted molar refractivity (Wildman–Crippen MR) is 75.6 cm³/mol. The number of hydrogen-bond donors (Lipinski definition) is 2. The van der Waals surface area contributed by atoms with E-state index in [9.17, 15) is 5.11 Å². The monoisotopic (exact) mass is 419 g/mol. The molecule has 0 bridgehead atoms. The number of phenolic OH excluding ortho intramolecular Hbond substituents is 1. The Hall–Kier alpha value is 0.450. The molecular formula is C9H9Br3ClNO. The van der Waals surface area contributed by atoms with E-state index in [1.807, 2.05) is 0 Å². The van der Waals surface area contributed by atoms with Crippen molar-refractivity contribution in [1.82, 2.24) is 0 Å². The largest absolute Gasteiger partial charge is 0.506 e. The first kappa shape index (κ1) is 15.4. The average Bonchev–Trinajstić information content (AvgIpc) is 2.14. The topological polar surface area (TPSA) is 46.2 Å². The molecule has 1 aromatic rings. The summed E-state index contributed by atoms with van der Waals surface area (Å²) in [6, 6.07) is 1.43. The van der Waals surface area contributed by atoms with Crippen LogP contribution in [-0.4, -0.2) is 5.11 Å². The van der Waals surface area contributed by atoms with Crippen molar-refractivity contribution in [2.45, 2.75) is 6.04 Å². The zero-order valence-electron chi connectivity index (χ0n) is 7.51. The fourth-order valence-electron chi connectivity index (χ4n) is 1.02. The van der Waals surface area contributed by atoms with Crippen LogP contribution in [0.2, 0.25) is 0 Å². The smallest absolute Gasteiger partial charge is 0.144 e. The maximum absolute atomic E-state index is 9.65. The highest BCUT2D eigenvalue weighted by molar-refractivity contribution is 9.11. The Morgan fingerprint density at radius 2 is 1.87 bits per heavy atom. The number of benzene rings is 1. The summed E-state index contributed by atoms with van der Waals surface area (Å²) in [5, 5.41) is 9.65. The number of nitrogens with two attached hydrogens (primary N) is 1. The Morgan fingerprint density at radius 1 is 1.33 bits per heavy atom. The zero-order chi connectivity index (χ0) is 10.9. The standard InChI is InChI=1S/C9H8Br3NO.ClH/c1-2-6(13)7-4(10)3-5(11)9(14)8(7)12;/h2-3,6,14H,1,13H2;1H/t6-;/m0./s1. The van der Waals surface area contributed by atoms with Gasteiger partial charge in [0.1, 0.15) is 5.75 Å². The van der Waals surface area contributed by atoms with Gasteiger partial charge in [-0.3, -0.25) is 0 Å². The molecule has 0 spiro atoms. The molecule has 84 valence electrons. The van der Waals surface area contributed by atoms with Crippen LogP contribution >= 0.6 is 60.2 Å². The molecule has 1 aromatic carbocycles. The van der Waals surface area contributed by atoms with Crippen molar-refractivity contribution in [2.24, 2.45) is 5.73 Å². The molecule has 0 aromatic heterocycles. The Balaban J connectivity index is 0.00000196. The zero-order valence-corrected chi connectivity index (χ0v) is 13.1. The van der Waals surface area contributed by atoms with Crippen molar-refractivity contribution in [3.05, 3.63) is 37.7 Å². The van der Waals surface area contributed by atoms with E-state index in [4.69, 9.17) is 5.73 Å². The second kappa shape index (κ2) is 6.25. The maximum atomic E-state index is 9.65. The third-order valence-electron chi connectivity index (χ3n) is 1.77. The highest BCUT2D eigenvalue weighted by atomic mass is 79.9. The quantitative estimate of drug-likeness (QED) is 0.699. The van der Waals surface area contributed by atoms with Crippen molar-refractivity contribution < 1.29 is 5.11 Å². The van der Waals surface area contributed by atoms with E-state index >= 15 is 0 Å². The molecule has 0 saturated carbocycles. The van der Waals surface area contributed by atoms with E-state index in [1.165, 1.54) is 0 Å². The molecule has 0 saturated heterocycles. The van der Waals surface area contributed by atoms with Gasteiger partial charge in [0.25, 0.3) is 0 Å². The summed E-state index contributed by atoms with van der Waals surface area (Å²) in [5.41, 5.74) is 6.59. The third kappa shape index (κ3) is 3.20. The molecule has 0 aliphatic rings. The number of halogens is 4. The van der Waals surface area contributed by atoms with Gasteiger partial charge in [-0.25, -0.2) is 0 Å². The highest BCUT2D eigenvalue weighted by Crippen LogP contribution is 2.41. The summed E-state index contributed by atoms with van der Waals surface area (Å²) in [5.74, 6) is 0.139. The fraction of sp³-hybridized carbons (Fsp3) is 0.111. The lowest BCUT2D eigenvalue weighted by atomic mass is 10.1. The molecule has 0 heterocycles. The molecule has 0 amide bonds.